The molecule has 0 heterocycles. The van der Waals surface area contributed by atoms with Crippen molar-refractivity contribution in [3.63, 3.8) is 0 Å². The predicted molar refractivity (Wildman–Crippen MR) is 57.8 cm³/mol. The molecule has 0 saturated carbocycles. The molecule has 13 heavy (non-hydrogen) atoms. The number of hydrogen-bond donors (Lipinski definition) is 1. The Labute approximate surface area is 87.2 Å². The van der Waals surface area contributed by atoms with E-state index in [1.54, 1.807) is 6.92 Å². The van der Waals surface area contributed by atoms with Crippen LogP contribution in [0.1, 0.15) is 13.3 Å². The molecular weight excluding hydrogens is 202 g/mol. The molecule has 0 saturated heterocycles. The number of nitriles is 2. The van der Waals surface area contributed by atoms with Gasteiger partial charge in [0.25, 0.3) is 0 Å². The highest BCUT2D eigenvalue weighted by atomic mass is 32.2. The van der Waals surface area contributed by atoms with Crippen molar-refractivity contribution < 1.29 is 0 Å². The topological polar surface area (TPSA) is 71.4 Å². The van der Waals surface area contributed by atoms with Crippen LogP contribution in [0.3, 0.4) is 0 Å². The molecule has 0 amide bonds. The second-order valence-corrected chi connectivity index (χ2v) is 4.16. The molecule has 68 valence electrons. The Morgan fingerprint density at radius 2 is 2.23 bits per heavy atom. The normalized spacial score (nSPS) is 11.0. The van der Waals surface area contributed by atoms with Crippen LogP contribution in [0, 0.1) is 34.0 Å². The summed E-state index contributed by atoms with van der Waals surface area (Å²) in [6.45, 7) is 1.56. The third-order valence-corrected chi connectivity index (χ3v) is 2.77. The SMILES string of the molecule is CC(=N)[C@H](C#N)C(=S)SCCC#N. The maximum atomic E-state index is 8.67. The molecule has 0 radical (unpaired) electrons. The van der Waals surface area contributed by atoms with Crippen LogP contribution in [0.15, 0.2) is 0 Å². The van der Waals surface area contributed by atoms with E-state index in [9.17, 15) is 0 Å². The molecule has 0 rings (SSSR count). The molecule has 3 nitrogen and oxygen atoms in total. The fourth-order valence-corrected chi connectivity index (χ4v) is 1.88. The van der Waals surface area contributed by atoms with Gasteiger partial charge in [-0.25, -0.2) is 0 Å². The summed E-state index contributed by atoms with van der Waals surface area (Å²) in [5, 5.41) is 24.2. The predicted octanol–water partition coefficient (Wildman–Crippen LogP) is 2.14. The van der Waals surface area contributed by atoms with Crippen molar-refractivity contribution in [2.24, 2.45) is 5.92 Å². The van der Waals surface area contributed by atoms with Gasteiger partial charge in [-0.2, -0.15) is 10.5 Å². The van der Waals surface area contributed by atoms with Crippen LogP contribution in [-0.4, -0.2) is 15.7 Å². The largest absolute Gasteiger partial charge is 0.308 e. The molecule has 0 aliphatic rings. The van der Waals surface area contributed by atoms with Crippen LogP contribution in [0.4, 0.5) is 0 Å². The Bertz CT molecular complexity index is 285. The van der Waals surface area contributed by atoms with Crippen LogP contribution >= 0.6 is 24.0 Å². The zero-order valence-corrected chi connectivity index (χ0v) is 8.84. The first-order valence-electron chi connectivity index (χ1n) is 3.61. The number of nitrogens with zero attached hydrogens (tertiary/aromatic N) is 2. The van der Waals surface area contributed by atoms with Crippen molar-refractivity contribution in [2.75, 3.05) is 5.75 Å². The van der Waals surface area contributed by atoms with Gasteiger partial charge in [-0.15, -0.1) is 11.8 Å². The number of thiocarbonyl (C=S) groups is 1. The lowest BCUT2D eigenvalue weighted by molar-refractivity contribution is 1.20. The molecular formula is C8H9N3S2. The minimum Gasteiger partial charge on any atom is -0.308 e. The van der Waals surface area contributed by atoms with Crippen LogP contribution in [0.2, 0.25) is 0 Å². The van der Waals surface area contributed by atoms with E-state index in [0.29, 0.717) is 16.4 Å². The summed E-state index contributed by atoms with van der Waals surface area (Å²) in [6.07, 6.45) is 0.417. The van der Waals surface area contributed by atoms with Gasteiger partial charge in [0.15, 0.2) is 0 Å². The first-order chi connectivity index (χ1) is 6.13. The maximum Gasteiger partial charge on any atom is 0.124 e. The van der Waals surface area contributed by atoms with Gasteiger partial charge in [0.1, 0.15) is 5.92 Å². The summed E-state index contributed by atoms with van der Waals surface area (Å²) in [5.74, 6) is 0.0135. The first kappa shape index (κ1) is 12.1. The summed E-state index contributed by atoms with van der Waals surface area (Å²) < 4.78 is 0.491. The molecule has 0 unspecified atom stereocenters. The average molecular weight is 211 g/mol. The van der Waals surface area contributed by atoms with Gasteiger partial charge in [-0.3, -0.25) is 0 Å². The Morgan fingerprint density at radius 3 is 2.62 bits per heavy atom. The number of thioether (sulfide) groups is 1. The van der Waals surface area contributed by atoms with Crippen molar-refractivity contribution in [1.29, 1.82) is 15.9 Å². The zero-order valence-electron chi connectivity index (χ0n) is 7.20. The summed E-state index contributed by atoms with van der Waals surface area (Å²) in [6, 6.07) is 3.95. The van der Waals surface area contributed by atoms with Crippen LogP contribution in [0.5, 0.6) is 0 Å². The number of hydrogen-bond acceptors (Lipinski definition) is 5. The highest BCUT2D eigenvalue weighted by Gasteiger charge is 2.15. The van der Waals surface area contributed by atoms with Gasteiger partial charge >= 0.3 is 0 Å². The fourth-order valence-electron chi connectivity index (χ4n) is 0.607. The van der Waals surface area contributed by atoms with Gasteiger partial charge in [0.05, 0.1) is 16.3 Å². The molecule has 0 aromatic heterocycles. The van der Waals surface area contributed by atoms with E-state index in [2.05, 4.69) is 0 Å². The van der Waals surface area contributed by atoms with Crippen molar-refractivity contribution in [1.82, 2.24) is 0 Å². The standard InChI is InChI=1S/C8H9N3S2/c1-6(11)7(5-10)8(12)13-4-2-3-9/h7,11H,2,4H2,1H3/t7-/m0/s1. The summed E-state index contributed by atoms with van der Waals surface area (Å²) in [5.41, 5.74) is 0.261. The van der Waals surface area contributed by atoms with E-state index in [1.165, 1.54) is 11.8 Å². The molecule has 1 atom stereocenters. The van der Waals surface area contributed by atoms with Gasteiger partial charge in [-0.05, 0) is 6.92 Å². The lowest BCUT2D eigenvalue weighted by Gasteiger charge is -2.06. The van der Waals surface area contributed by atoms with E-state index in [0.717, 1.165) is 0 Å². The zero-order chi connectivity index (χ0) is 10.3. The molecule has 0 aromatic carbocycles. The van der Waals surface area contributed by atoms with Crippen LogP contribution < -0.4 is 0 Å². The summed E-state index contributed by atoms with van der Waals surface area (Å²) in [4.78, 5) is 0. The molecule has 5 heteroatoms. The average Bonchev–Trinajstić information content (AvgIpc) is 2.05. The highest BCUT2D eigenvalue weighted by molar-refractivity contribution is 8.23. The van der Waals surface area contributed by atoms with Crippen molar-refractivity contribution in [3.8, 4) is 12.1 Å². The molecule has 0 aromatic rings. The van der Waals surface area contributed by atoms with Gasteiger partial charge in [0.2, 0.25) is 0 Å². The van der Waals surface area contributed by atoms with Crippen LogP contribution in [0.25, 0.3) is 0 Å². The fraction of sp³-hybridized carbons (Fsp3) is 0.500. The van der Waals surface area contributed by atoms with Gasteiger partial charge in [-0.1, -0.05) is 12.2 Å². The van der Waals surface area contributed by atoms with Crippen molar-refractivity contribution in [2.45, 2.75) is 13.3 Å². The van der Waals surface area contributed by atoms with E-state index < -0.39 is 5.92 Å². The Morgan fingerprint density at radius 1 is 1.62 bits per heavy atom. The number of nitrogens with one attached hydrogen (secondary N) is 1. The Balaban J connectivity index is 4.04. The van der Waals surface area contributed by atoms with Crippen molar-refractivity contribution >= 4 is 33.9 Å². The van der Waals surface area contributed by atoms with E-state index in [4.69, 9.17) is 28.2 Å². The monoisotopic (exact) mass is 211 g/mol. The van der Waals surface area contributed by atoms with Gasteiger partial charge < -0.3 is 5.41 Å². The van der Waals surface area contributed by atoms with E-state index >= 15 is 0 Å². The third-order valence-electron chi connectivity index (χ3n) is 1.26. The Kier molecular flexibility index (Phi) is 6.13. The van der Waals surface area contributed by atoms with Gasteiger partial charge in [0, 0.05) is 17.9 Å². The second-order valence-electron chi connectivity index (χ2n) is 2.32. The molecule has 0 bridgehead atoms. The minimum absolute atomic E-state index is 0.261. The minimum atomic E-state index is -0.585. The maximum absolute atomic E-state index is 8.67. The highest BCUT2D eigenvalue weighted by Crippen LogP contribution is 2.15. The molecule has 1 N–H and O–H groups in total. The molecule has 0 spiro atoms. The lowest BCUT2D eigenvalue weighted by atomic mass is 10.1. The van der Waals surface area contributed by atoms with E-state index in [1.807, 2.05) is 12.1 Å². The second kappa shape index (κ2) is 6.59. The lowest BCUT2D eigenvalue weighted by Crippen LogP contribution is -2.15. The van der Waals surface area contributed by atoms with Crippen molar-refractivity contribution in [3.05, 3.63) is 0 Å². The van der Waals surface area contributed by atoms with Crippen LogP contribution in [-0.2, 0) is 0 Å². The molecule has 0 fully saturated rings. The summed E-state index contributed by atoms with van der Waals surface area (Å²) in [7, 11) is 0. The molecule has 0 aliphatic carbocycles. The quantitative estimate of drug-likeness (QED) is 0.439. The van der Waals surface area contributed by atoms with E-state index in [-0.39, 0.29) is 5.71 Å². The Hall–Kier alpha value is -0.910. The summed E-state index contributed by atoms with van der Waals surface area (Å²) >= 11 is 6.26. The molecule has 0 aliphatic heterocycles. The third kappa shape index (κ3) is 4.62. The number of rotatable bonds is 4. The smallest absolute Gasteiger partial charge is 0.124 e. The first-order valence-corrected chi connectivity index (χ1v) is 5.01.